The highest BCUT2D eigenvalue weighted by molar-refractivity contribution is 5.95. The molecule has 0 spiro atoms. The van der Waals surface area contributed by atoms with E-state index in [0.717, 1.165) is 17.8 Å². The summed E-state index contributed by atoms with van der Waals surface area (Å²) < 4.78 is 5.34. The van der Waals surface area contributed by atoms with Crippen LogP contribution in [0.5, 0.6) is 0 Å². The summed E-state index contributed by atoms with van der Waals surface area (Å²) in [5, 5.41) is 14.8. The van der Waals surface area contributed by atoms with Crippen LogP contribution in [0, 0.1) is 33.3 Å². The summed E-state index contributed by atoms with van der Waals surface area (Å²) in [7, 11) is 0. The second kappa shape index (κ2) is 7.27. The fourth-order valence-electron chi connectivity index (χ4n) is 6.76. The van der Waals surface area contributed by atoms with Gasteiger partial charge in [-0.05, 0) is 73.8 Å². The first-order valence-electron chi connectivity index (χ1n) is 10.9. The minimum Gasteiger partial charge on any atom is -0.378 e. The normalized spacial score (nSPS) is 33.0. The number of nitro benzene ring substituents is 1. The molecule has 156 valence electrons. The number of hydrogen-bond acceptors (Lipinski definition) is 5. The molecular weight excluding hydrogens is 370 g/mol. The Bertz CT molecular complexity index is 783. The van der Waals surface area contributed by atoms with Crippen LogP contribution in [-0.4, -0.2) is 43.7 Å². The molecule has 0 radical (unpaired) electrons. The summed E-state index contributed by atoms with van der Waals surface area (Å²) in [4.78, 5) is 26.0. The van der Waals surface area contributed by atoms with Gasteiger partial charge < -0.3 is 15.0 Å². The summed E-state index contributed by atoms with van der Waals surface area (Å²) in [6, 6.07) is 4.86. The van der Waals surface area contributed by atoms with E-state index in [4.69, 9.17) is 4.74 Å². The number of hydrogen-bond donors (Lipinski definition) is 1. The van der Waals surface area contributed by atoms with Crippen LogP contribution in [0.25, 0.3) is 0 Å². The molecule has 1 aliphatic heterocycles. The monoisotopic (exact) mass is 399 g/mol. The van der Waals surface area contributed by atoms with Crippen LogP contribution in [0.2, 0.25) is 0 Å². The Labute approximate surface area is 170 Å². The fraction of sp³-hybridized carbons (Fsp3) is 0.682. The third kappa shape index (κ3) is 3.61. The summed E-state index contributed by atoms with van der Waals surface area (Å²) in [6.07, 6.45) is 7.83. The fourth-order valence-corrected chi connectivity index (χ4v) is 6.76. The lowest BCUT2D eigenvalue weighted by molar-refractivity contribution is -0.384. The molecule has 6 rings (SSSR count). The van der Waals surface area contributed by atoms with Crippen LogP contribution in [0.1, 0.15) is 48.9 Å². The predicted molar refractivity (Wildman–Crippen MR) is 109 cm³/mol. The molecule has 7 heteroatoms. The Morgan fingerprint density at radius 1 is 1.14 bits per heavy atom. The maximum atomic E-state index is 12.8. The molecule has 5 aliphatic rings. The van der Waals surface area contributed by atoms with Crippen molar-refractivity contribution in [2.24, 2.45) is 23.2 Å². The first-order chi connectivity index (χ1) is 14.0. The lowest BCUT2D eigenvalue weighted by Crippen LogP contribution is -2.51. The molecule has 1 N–H and O–H groups in total. The van der Waals surface area contributed by atoms with Gasteiger partial charge in [-0.3, -0.25) is 14.9 Å². The number of nitrogens with one attached hydrogen (secondary N) is 1. The van der Waals surface area contributed by atoms with Crippen LogP contribution in [-0.2, 0) is 4.74 Å². The lowest BCUT2D eigenvalue weighted by atomic mass is 9.49. The number of rotatable bonds is 5. The molecular formula is C22H29N3O4. The van der Waals surface area contributed by atoms with Gasteiger partial charge in [0.1, 0.15) is 5.69 Å². The van der Waals surface area contributed by atoms with Gasteiger partial charge in [0, 0.05) is 31.3 Å². The van der Waals surface area contributed by atoms with E-state index in [1.807, 2.05) is 4.90 Å². The van der Waals surface area contributed by atoms with Gasteiger partial charge in [-0.25, -0.2) is 0 Å². The van der Waals surface area contributed by atoms with Crippen molar-refractivity contribution in [1.29, 1.82) is 0 Å². The molecule has 0 aromatic heterocycles. The van der Waals surface area contributed by atoms with Gasteiger partial charge in [0.25, 0.3) is 11.6 Å². The number of carbonyl (C=O) groups is 1. The zero-order valence-corrected chi connectivity index (χ0v) is 16.8. The zero-order valence-electron chi connectivity index (χ0n) is 16.8. The SMILES string of the molecule is O=C(NCC12CC3CC(CC(C3)C1)C2)c1ccc(N2CCOCC2)c([N+](=O)[O-])c1. The van der Waals surface area contributed by atoms with Crippen molar-refractivity contribution >= 4 is 17.3 Å². The standard InChI is InChI=1S/C22H29N3O4/c26-21(23-14-22-11-15-7-16(12-22)9-17(8-15)13-22)18-1-2-19(20(10-18)25(27)28)24-3-5-29-6-4-24/h1-2,10,15-17H,3-9,11-14H2,(H,23,26). The zero-order chi connectivity index (χ0) is 20.0. The second-order valence-corrected chi connectivity index (χ2v) is 9.66. The number of anilines is 1. The molecule has 1 amide bonds. The quantitative estimate of drug-likeness (QED) is 0.606. The molecule has 1 heterocycles. The van der Waals surface area contributed by atoms with E-state index >= 15 is 0 Å². The van der Waals surface area contributed by atoms with Gasteiger partial charge in [0.2, 0.25) is 0 Å². The number of carbonyl (C=O) groups excluding carboxylic acids is 1. The minimum absolute atomic E-state index is 0.00523. The average molecular weight is 399 g/mol. The summed E-state index contributed by atoms with van der Waals surface area (Å²) in [5.41, 5.74) is 1.19. The predicted octanol–water partition coefficient (Wildman–Crippen LogP) is 3.38. The highest BCUT2D eigenvalue weighted by Gasteiger charge is 2.50. The molecule has 29 heavy (non-hydrogen) atoms. The van der Waals surface area contributed by atoms with E-state index in [9.17, 15) is 14.9 Å². The Morgan fingerprint density at radius 3 is 2.34 bits per heavy atom. The first-order valence-corrected chi connectivity index (χ1v) is 10.9. The molecule has 4 aliphatic carbocycles. The van der Waals surface area contributed by atoms with Crippen molar-refractivity contribution in [3.63, 3.8) is 0 Å². The van der Waals surface area contributed by atoms with E-state index in [2.05, 4.69) is 5.32 Å². The molecule has 1 aromatic carbocycles. The molecule has 5 fully saturated rings. The largest absolute Gasteiger partial charge is 0.378 e. The number of amides is 1. The number of nitrogens with zero attached hydrogens (tertiary/aromatic N) is 2. The van der Waals surface area contributed by atoms with Gasteiger partial charge in [-0.1, -0.05) is 0 Å². The molecule has 0 unspecified atom stereocenters. The molecule has 4 saturated carbocycles. The van der Waals surface area contributed by atoms with Crippen molar-refractivity contribution < 1.29 is 14.5 Å². The highest BCUT2D eigenvalue weighted by atomic mass is 16.6. The Kier molecular flexibility index (Phi) is 4.73. The molecule has 0 atom stereocenters. The lowest BCUT2D eigenvalue weighted by Gasteiger charge is -2.56. The smallest absolute Gasteiger partial charge is 0.293 e. The van der Waals surface area contributed by atoms with Gasteiger partial charge in [0.05, 0.1) is 18.1 Å². The van der Waals surface area contributed by atoms with Crippen molar-refractivity contribution in [3.05, 3.63) is 33.9 Å². The van der Waals surface area contributed by atoms with Crippen molar-refractivity contribution in [1.82, 2.24) is 5.32 Å². The van der Waals surface area contributed by atoms with Gasteiger partial charge in [-0.2, -0.15) is 0 Å². The topological polar surface area (TPSA) is 84.7 Å². The van der Waals surface area contributed by atoms with Crippen LogP contribution in [0.15, 0.2) is 18.2 Å². The molecule has 1 saturated heterocycles. The minimum atomic E-state index is -0.388. The summed E-state index contributed by atoms with van der Waals surface area (Å²) >= 11 is 0. The van der Waals surface area contributed by atoms with Crippen LogP contribution in [0.3, 0.4) is 0 Å². The van der Waals surface area contributed by atoms with E-state index in [-0.39, 0.29) is 21.9 Å². The Balaban J connectivity index is 1.30. The maximum Gasteiger partial charge on any atom is 0.293 e. The average Bonchev–Trinajstić information content (AvgIpc) is 2.71. The Hall–Kier alpha value is -2.15. The summed E-state index contributed by atoms with van der Waals surface area (Å²) in [6.45, 7) is 3.07. The number of benzene rings is 1. The first kappa shape index (κ1) is 18.9. The third-order valence-electron chi connectivity index (χ3n) is 7.58. The van der Waals surface area contributed by atoms with Gasteiger partial charge in [-0.15, -0.1) is 0 Å². The van der Waals surface area contributed by atoms with E-state index in [1.165, 1.54) is 44.6 Å². The van der Waals surface area contributed by atoms with Crippen molar-refractivity contribution in [3.8, 4) is 0 Å². The van der Waals surface area contributed by atoms with E-state index < -0.39 is 0 Å². The van der Waals surface area contributed by atoms with Crippen molar-refractivity contribution in [2.75, 3.05) is 37.7 Å². The van der Waals surface area contributed by atoms with E-state index in [0.29, 0.717) is 44.1 Å². The maximum absolute atomic E-state index is 12.8. The molecule has 7 nitrogen and oxygen atoms in total. The number of ether oxygens (including phenoxy) is 1. The third-order valence-corrected chi connectivity index (χ3v) is 7.58. The summed E-state index contributed by atoms with van der Waals surface area (Å²) in [5.74, 6) is 2.32. The second-order valence-electron chi connectivity index (χ2n) is 9.66. The van der Waals surface area contributed by atoms with Crippen LogP contribution < -0.4 is 10.2 Å². The van der Waals surface area contributed by atoms with Crippen LogP contribution >= 0.6 is 0 Å². The van der Waals surface area contributed by atoms with Gasteiger partial charge in [0.15, 0.2) is 0 Å². The Morgan fingerprint density at radius 2 is 1.76 bits per heavy atom. The van der Waals surface area contributed by atoms with E-state index in [1.54, 1.807) is 12.1 Å². The number of morpholine rings is 1. The highest BCUT2D eigenvalue weighted by Crippen LogP contribution is 2.59. The molecule has 4 bridgehead atoms. The van der Waals surface area contributed by atoms with Crippen LogP contribution in [0.4, 0.5) is 11.4 Å². The number of nitro groups is 1. The molecule has 1 aromatic rings. The van der Waals surface area contributed by atoms with Crippen molar-refractivity contribution in [2.45, 2.75) is 38.5 Å². The van der Waals surface area contributed by atoms with Gasteiger partial charge >= 0.3 is 0 Å².